The van der Waals surface area contributed by atoms with Crippen LogP contribution in [0, 0.1) is 0 Å². The Labute approximate surface area is 124 Å². The Morgan fingerprint density at radius 3 is 2.95 bits per heavy atom. The third-order valence-corrected chi connectivity index (χ3v) is 4.19. The molecule has 0 aliphatic carbocycles. The van der Waals surface area contributed by atoms with E-state index in [9.17, 15) is 4.79 Å². The molecule has 0 aliphatic heterocycles. The minimum Gasteiger partial charge on any atom is -0.469 e. The standard InChI is InChI=1S/C13H13BrN2O2S/c1-18-12(17)7-9-4-5-10(19-9)8-16-11-3-2-6-15-13(11)14/h2-6,16H,7-8H2,1H3. The molecule has 1 N–H and O–H groups in total. The van der Waals surface area contributed by atoms with Crippen LogP contribution in [0.4, 0.5) is 5.69 Å². The lowest BCUT2D eigenvalue weighted by molar-refractivity contribution is -0.139. The lowest BCUT2D eigenvalue weighted by Crippen LogP contribution is -2.02. The highest BCUT2D eigenvalue weighted by Gasteiger charge is 2.06. The fourth-order valence-electron chi connectivity index (χ4n) is 1.53. The van der Waals surface area contributed by atoms with Crippen LogP contribution in [-0.4, -0.2) is 18.1 Å². The van der Waals surface area contributed by atoms with E-state index in [1.807, 2.05) is 24.3 Å². The molecule has 2 aromatic rings. The summed E-state index contributed by atoms with van der Waals surface area (Å²) in [5, 5.41) is 3.29. The summed E-state index contributed by atoms with van der Waals surface area (Å²) in [5.74, 6) is -0.212. The van der Waals surface area contributed by atoms with Gasteiger partial charge in [-0.25, -0.2) is 4.98 Å². The molecule has 4 nitrogen and oxygen atoms in total. The van der Waals surface area contributed by atoms with Gasteiger partial charge in [-0.15, -0.1) is 11.3 Å². The Balaban J connectivity index is 1.94. The predicted octanol–water partition coefficient (Wildman–Crippen LogP) is 3.23. The van der Waals surface area contributed by atoms with Gasteiger partial charge in [0.25, 0.3) is 0 Å². The molecule has 2 rings (SSSR count). The highest BCUT2D eigenvalue weighted by Crippen LogP contribution is 2.22. The van der Waals surface area contributed by atoms with Crippen molar-refractivity contribution < 1.29 is 9.53 Å². The number of carbonyl (C=O) groups is 1. The van der Waals surface area contributed by atoms with Gasteiger partial charge in [0.1, 0.15) is 4.60 Å². The van der Waals surface area contributed by atoms with Crippen LogP contribution in [0.2, 0.25) is 0 Å². The van der Waals surface area contributed by atoms with Gasteiger partial charge in [-0.05, 0) is 40.2 Å². The Kier molecular flexibility index (Phi) is 4.93. The van der Waals surface area contributed by atoms with Gasteiger partial charge in [-0.3, -0.25) is 4.79 Å². The first kappa shape index (κ1) is 14.0. The third kappa shape index (κ3) is 4.04. The minimum atomic E-state index is -0.212. The summed E-state index contributed by atoms with van der Waals surface area (Å²) in [6.45, 7) is 0.704. The van der Waals surface area contributed by atoms with E-state index in [0.29, 0.717) is 13.0 Å². The number of methoxy groups -OCH3 is 1. The molecule has 0 fully saturated rings. The Morgan fingerprint density at radius 2 is 2.21 bits per heavy atom. The Hall–Kier alpha value is -1.40. The first-order valence-electron chi connectivity index (χ1n) is 5.68. The molecule has 0 bridgehead atoms. The molecular formula is C13H13BrN2O2S. The van der Waals surface area contributed by atoms with Gasteiger partial charge < -0.3 is 10.1 Å². The summed E-state index contributed by atoms with van der Waals surface area (Å²) in [4.78, 5) is 17.5. The lowest BCUT2D eigenvalue weighted by Gasteiger charge is -2.05. The van der Waals surface area contributed by atoms with Crippen LogP contribution in [-0.2, 0) is 22.5 Å². The lowest BCUT2D eigenvalue weighted by atomic mass is 10.3. The Bertz CT molecular complexity index is 571. The van der Waals surface area contributed by atoms with Gasteiger partial charge in [0.15, 0.2) is 0 Å². The summed E-state index contributed by atoms with van der Waals surface area (Å²) in [5.41, 5.74) is 0.949. The number of esters is 1. The number of aromatic nitrogens is 1. The molecule has 2 heterocycles. The number of halogens is 1. The second-order valence-corrected chi connectivity index (χ2v) is 5.82. The minimum absolute atomic E-state index is 0.212. The van der Waals surface area contributed by atoms with E-state index in [0.717, 1.165) is 20.0 Å². The number of pyridine rings is 1. The van der Waals surface area contributed by atoms with Crippen molar-refractivity contribution in [1.82, 2.24) is 4.98 Å². The second-order valence-electron chi connectivity index (χ2n) is 3.82. The number of rotatable bonds is 5. The van der Waals surface area contributed by atoms with Crippen LogP contribution in [0.1, 0.15) is 9.75 Å². The summed E-state index contributed by atoms with van der Waals surface area (Å²) in [7, 11) is 1.40. The number of nitrogens with zero attached hydrogens (tertiary/aromatic N) is 1. The second kappa shape index (κ2) is 6.68. The summed E-state index contributed by atoms with van der Waals surface area (Å²) in [6, 6.07) is 7.81. The molecule has 6 heteroatoms. The third-order valence-electron chi connectivity index (χ3n) is 2.48. The van der Waals surface area contributed by atoms with Gasteiger partial charge >= 0.3 is 5.97 Å². The van der Waals surface area contributed by atoms with Crippen molar-refractivity contribution >= 4 is 38.9 Å². The zero-order valence-electron chi connectivity index (χ0n) is 10.4. The topological polar surface area (TPSA) is 51.2 Å². The maximum atomic E-state index is 11.2. The molecular weight excluding hydrogens is 328 g/mol. The van der Waals surface area contributed by atoms with Crippen molar-refractivity contribution in [2.75, 3.05) is 12.4 Å². The smallest absolute Gasteiger partial charge is 0.310 e. The highest BCUT2D eigenvalue weighted by molar-refractivity contribution is 9.10. The first-order chi connectivity index (χ1) is 9.19. The number of carbonyl (C=O) groups excluding carboxylic acids is 1. The maximum absolute atomic E-state index is 11.2. The Morgan fingerprint density at radius 1 is 1.42 bits per heavy atom. The number of thiophene rings is 1. The molecule has 0 unspecified atom stereocenters. The van der Waals surface area contributed by atoms with E-state index in [-0.39, 0.29) is 5.97 Å². The quantitative estimate of drug-likeness (QED) is 0.670. The summed E-state index contributed by atoms with van der Waals surface area (Å²) in [6.07, 6.45) is 2.06. The number of ether oxygens (including phenoxy) is 1. The van der Waals surface area contributed by atoms with Gasteiger partial charge in [0.2, 0.25) is 0 Å². The van der Waals surface area contributed by atoms with Crippen LogP contribution in [0.5, 0.6) is 0 Å². The van der Waals surface area contributed by atoms with Gasteiger partial charge in [-0.2, -0.15) is 0 Å². The van der Waals surface area contributed by atoms with Crippen molar-refractivity contribution in [2.24, 2.45) is 0 Å². The van der Waals surface area contributed by atoms with E-state index in [4.69, 9.17) is 0 Å². The van der Waals surface area contributed by atoms with Gasteiger partial charge in [0.05, 0.1) is 19.2 Å². The summed E-state index contributed by atoms with van der Waals surface area (Å²) < 4.78 is 5.44. The van der Waals surface area contributed by atoms with E-state index in [1.165, 1.54) is 7.11 Å². The number of nitrogens with one attached hydrogen (secondary N) is 1. The zero-order chi connectivity index (χ0) is 13.7. The molecule has 0 saturated carbocycles. The molecule has 19 heavy (non-hydrogen) atoms. The molecule has 0 radical (unpaired) electrons. The average molecular weight is 341 g/mol. The van der Waals surface area contributed by atoms with E-state index in [2.05, 4.69) is 31.0 Å². The first-order valence-corrected chi connectivity index (χ1v) is 7.29. The van der Waals surface area contributed by atoms with Crippen LogP contribution >= 0.6 is 27.3 Å². The largest absolute Gasteiger partial charge is 0.469 e. The molecule has 0 aliphatic rings. The van der Waals surface area contributed by atoms with E-state index < -0.39 is 0 Å². The zero-order valence-corrected chi connectivity index (χ0v) is 12.8. The van der Waals surface area contributed by atoms with Crippen LogP contribution in [0.25, 0.3) is 0 Å². The highest BCUT2D eigenvalue weighted by atomic mass is 79.9. The van der Waals surface area contributed by atoms with Crippen LogP contribution < -0.4 is 5.32 Å². The number of hydrogen-bond donors (Lipinski definition) is 1. The normalized spacial score (nSPS) is 10.2. The van der Waals surface area contributed by atoms with Crippen molar-refractivity contribution in [2.45, 2.75) is 13.0 Å². The fourth-order valence-corrected chi connectivity index (χ4v) is 2.86. The van der Waals surface area contributed by atoms with Crippen molar-refractivity contribution in [3.05, 3.63) is 44.8 Å². The molecule has 0 aromatic carbocycles. The summed E-state index contributed by atoms with van der Waals surface area (Å²) >= 11 is 4.99. The molecule has 0 amide bonds. The van der Waals surface area contributed by atoms with Crippen molar-refractivity contribution in [1.29, 1.82) is 0 Å². The van der Waals surface area contributed by atoms with E-state index >= 15 is 0 Å². The van der Waals surface area contributed by atoms with Crippen molar-refractivity contribution in [3.63, 3.8) is 0 Å². The monoisotopic (exact) mass is 340 g/mol. The van der Waals surface area contributed by atoms with Crippen LogP contribution in [0.3, 0.4) is 0 Å². The molecule has 0 atom stereocenters. The molecule has 0 spiro atoms. The molecule has 2 aromatic heterocycles. The van der Waals surface area contributed by atoms with Gasteiger partial charge in [-0.1, -0.05) is 0 Å². The van der Waals surface area contributed by atoms with E-state index in [1.54, 1.807) is 17.5 Å². The number of hydrogen-bond acceptors (Lipinski definition) is 5. The SMILES string of the molecule is COC(=O)Cc1ccc(CNc2cccnc2Br)s1. The maximum Gasteiger partial charge on any atom is 0.310 e. The molecule has 0 saturated heterocycles. The molecule has 100 valence electrons. The van der Waals surface area contributed by atoms with Crippen LogP contribution in [0.15, 0.2) is 35.1 Å². The number of anilines is 1. The van der Waals surface area contributed by atoms with Crippen molar-refractivity contribution in [3.8, 4) is 0 Å². The van der Waals surface area contributed by atoms with Gasteiger partial charge in [0, 0.05) is 22.5 Å². The fraction of sp³-hybridized carbons (Fsp3) is 0.231. The average Bonchev–Trinajstić information content (AvgIpc) is 2.85. The predicted molar refractivity (Wildman–Crippen MR) is 79.3 cm³/mol.